The SMILES string of the molecule is CCc1cccc(C)c1Nc1nccc(C(=O)NCCN(C)C)n1. The van der Waals surface area contributed by atoms with Crippen molar-refractivity contribution in [1.82, 2.24) is 20.2 Å². The fraction of sp³-hybridized carbons (Fsp3) is 0.389. The topological polar surface area (TPSA) is 70.2 Å². The first-order valence-electron chi connectivity index (χ1n) is 8.12. The minimum atomic E-state index is -0.192. The number of carbonyl (C=O) groups is 1. The van der Waals surface area contributed by atoms with Gasteiger partial charge in [-0.05, 0) is 44.6 Å². The normalized spacial score (nSPS) is 10.7. The Kier molecular flexibility index (Phi) is 6.26. The van der Waals surface area contributed by atoms with E-state index in [1.54, 1.807) is 12.3 Å². The van der Waals surface area contributed by atoms with E-state index in [9.17, 15) is 4.79 Å². The van der Waals surface area contributed by atoms with E-state index < -0.39 is 0 Å². The predicted molar refractivity (Wildman–Crippen MR) is 96.8 cm³/mol. The number of anilines is 2. The Bertz CT molecular complexity index is 700. The van der Waals surface area contributed by atoms with Crippen molar-refractivity contribution in [3.05, 3.63) is 47.3 Å². The zero-order valence-corrected chi connectivity index (χ0v) is 14.8. The van der Waals surface area contributed by atoms with E-state index in [1.807, 2.05) is 38.1 Å². The van der Waals surface area contributed by atoms with Crippen molar-refractivity contribution in [3.63, 3.8) is 0 Å². The quantitative estimate of drug-likeness (QED) is 0.817. The summed E-state index contributed by atoms with van der Waals surface area (Å²) in [7, 11) is 3.93. The Balaban J connectivity index is 2.12. The summed E-state index contributed by atoms with van der Waals surface area (Å²) in [5.41, 5.74) is 3.68. The highest BCUT2D eigenvalue weighted by molar-refractivity contribution is 5.92. The fourth-order valence-corrected chi connectivity index (χ4v) is 2.34. The average Bonchev–Trinajstić information content (AvgIpc) is 2.56. The van der Waals surface area contributed by atoms with Crippen molar-refractivity contribution in [2.24, 2.45) is 0 Å². The molecule has 0 spiro atoms. The lowest BCUT2D eigenvalue weighted by Gasteiger charge is -2.13. The number of nitrogens with zero attached hydrogens (tertiary/aromatic N) is 3. The van der Waals surface area contributed by atoms with Gasteiger partial charge in [-0.3, -0.25) is 4.79 Å². The zero-order chi connectivity index (χ0) is 17.5. The van der Waals surface area contributed by atoms with Gasteiger partial charge in [-0.15, -0.1) is 0 Å². The lowest BCUT2D eigenvalue weighted by molar-refractivity contribution is 0.0946. The number of aromatic nitrogens is 2. The summed E-state index contributed by atoms with van der Waals surface area (Å²) in [6.07, 6.45) is 2.51. The van der Waals surface area contributed by atoms with Gasteiger partial charge in [-0.2, -0.15) is 0 Å². The van der Waals surface area contributed by atoms with Crippen molar-refractivity contribution in [2.45, 2.75) is 20.3 Å². The maximum Gasteiger partial charge on any atom is 0.270 e. The second-order valence-electron chi connectivity index (χ2n) is 5.91. The third kappa shape index (κ3) is 4.76. The van der Waals surface area contributed by atoms with Crippen molar-refractivity contribution in [1.29, 1.82) is 0 Å². The van der Waals surface area contributed by atoms with Crippen LogP contribution in [0.2, 0.25) is 0 Å². The van der Waals surface area contributed by atoms with Gasteiger partial charge in [0, 0.05) is 25.0 Å². The number of hydrogen-bond donors (Lipinski definition) is 2. The molecule has 0 saturated carbocycles. The number of aryl methyl sites for hydroxylation is 2. The zero-order valence-electron chi connectivity index (χ0n) is 14.8. The lowest BCUT2D eigenvalue weighted by Crippen LogP contribution is -2.31. The first-order valence-corrected chi connectivity index (χ1v) is 8.12. The van der Waals surface area contributed by atoms with Gasteiger partial charge in [0.2, 0.25) is 5.95 Å². The van der Waals surface area contributed by atoms with E-state index in [-0.39, 0.29) is 5.91 Å². The minimum absolute atomic E-state index is 0.192. The number of hydrogen-bond acceptors (Lipinski definition) is 5. The molecule has 128 valence electrons. The van der Waals surface area contributed by atoms with Crippen LogP contribution in [-0.4, -0.2) is 48.0 Å². The van der Waals surface area contributed by atoms with Gasteiger partial charge in [0.15, 0.2) is 0 Å². The monoisotopic (exact) mass is 327 g/mol. The summed E-state index contributed by atoms with van der Waals surface area (Å²) in [5.74, 6) is 0.238. The summed E-state index contributed by atoms with van der Waals surface area (Å²) in [6.45, 7) is 5.51. The molecule has 0 bridgehead atoms. The predicted octanol–water partition coefficient (Wildman–Crippen LogP) is 2.38. The Morgan fingerprint density at radius 3 is 2.75 bits per heavy atom. The molecule has 0 aliphatic heterocycles. The van der Waals surface area contributed by atoms with E-state index in [4.69, 9.17) is 0 Å². The molecule has 0 aliphatic carbocycles. The maximum absolute atomic E-state index is 12.2. The number of likely N-dealkylation sites (N-methyl/N-ethyl adjacent to an activating group) is 1. The molecule has 2 N–H and O–H groups in total. The average molecular weight is 327 g/mol. The van der Waals surface area contributed by atoms with Gasteiger partial charge in [0.05, 0.1) is 0 Å². The molecule has 6 nitrogen and oxygen atoms in total. The Morgan fingerprint density at radius 1 is 1.25 bits per heavy atom. The third-order valence-corrected chi connectivity index (χ3v) is 3.71. The molecule has 0 fully saturated rings. The molecule has 0 atom stereocenters. The Hall–Kier alpha value is -2.47. The van der Waals surface area contributed by atoms with Crippen molar-refractivity contribution in [2.75, 3.05) is 32.5 Å². The molecule has 1 aromatic carbocycles. The highest BCUT2D eigenvalue weighted by atomic mass is 16.1. The van der Waals surface area contributed by atoms with Crippen LogP contribution in [0, 0.1) is 6.92 Å². The van der Waals surface area contributed by atoms with Crippen LogP contribution in [0.15, 0.2) is 30.5 Å². The summed E-state index contributed by atoms with van der Waals surface area (Å²) >= 11 is 0. The van der Waals surface area contributed by atoms with Crippen LogP contribution in [0.4, 0.5) is 11.6 Å². The standard InChI is InChI=1S/C18H25N5O/c1-5-14-8-6-7-13(2)16(14)22-18-20-10-9-15(21-18)17(24)19-11-12-23(3)4/h6-10H,5,11-12H2,1-4H3,(H,19,24)(H,20,21,22). The van der Waals surface area contributed by atoms with Crippen molar-refractivity contribution >= 4 is 17.5 Å². The molecule has 0 radical (unpaired) electrons. The molecule has 0 aliphatic rings. The molecule has 6 heteroatoms. The molecule has 0 unspecified atom stereocenters. The largest absolute Gasteiger partial charge is 0.349 e. The Morgan fingerprint density at radius 2 is 2.04 bits per heavy atom. The number of rotatable bonds is 7. The third-order valence-electron chi connectivity index (χ3n) is 3.71. The summed E-state index contributed by atoms with van der Waals surface area (Å²) in [4.78, 5) is 22.8. The van der Waals surface area contributed by atoms with Crippen LogP contribution in [-0.2, 0) is 6.42 Å². The van der Waals surface area contributed by atoms with Gasteiger partial charge >= 0.3 is 0 Å². The molecule has 2 rings (SSSR count). The molecule has 1 aromatic heterocycles. The summed E-state index contributed by atoms with van der Waals surface area (Å²) < 4.78 is 0. The van der Waals surface area contributed by atoms with Crippen LogP contribution >= 0.6 is 0 Å². The molecular weight excluding hydrogens is 302 g/mol. The first-order chi connectivity index (χ1) is 11.5. The highest BCUT2D eigenvalue weighted by Gasteiger charge is 2.10. The number of amides is 1. The maximum atomic E-state index is 12.2. The summed E-state index contributed by atoms with van der Waals surface area (Å²) in [5, 5.41) is 6.11. The van der Waals surface area contributed by atoms with Crippen LogP contribution < -0.4 is 10.6 Å². The molecule has 0 saturated heterocycles. The van der Waals surface area contributed by atoms with Crippen LogP contribution in [0.25, 0.3) is 0 Å². The van der Waals surface area contributed by atoms with Gasteiger partial charge in [0.1, 0.15) is 5.69 Å². The molecular formula is C18H25N5O. The number of carbonyl (C=O) groups excluding carboxylic acids is 1. The van der Waals surface area contributed by atoms with Gasteiger partial charge in [-0.1, -0.05) is 25.1 Å². The van der Waals surface area contributed by atoms with Crippen LogP contribution in [0.1, 0.15) is 28.5 Å². The molecule has 2 aromatic rings. The van der Waals surface area contributed by atoms with Gasteiger partial charge in [0.25, 0.3) is 5.91 Å². The van der Waals surface area contributed by atoms with Crippen LogP contribution in [0.5, 0.6) is 0 Å². The molecule has 1 heterocycles. The van der Waals surface area contributed by atoms with Crippen molar-refractivity contribution < 1.29 is 4.79 Å². The lowest BCUT2D eigenvalue weighted by atomic mass is 10.1. The second-order valence-corrected chi connectivity index (χ2v) is 5.91. The van der Waals surface area contributed by atoms with Crippen molar-refractivity contribution in [3.8, 4) is 0 Å². The van der Waals surface area contributed by atoms with E-state index in [2.05, 4.69) is 33.6 Å². The van der Waals surface area contributed by atoms with E-state index in [1.165, 1.54) is 5.56 Å². The first kappa shape index (κ1) is 17.9. The number of nitrogens with one attached hydrogen (secondary N) is 2. The smallest absolute Gasteiger partial charge is 0.270 e. The van der Waals surface area contributed by atoms with E-state index >= 15 is 0 Å². The van der Waals surface area contributed by atoms with E-state index in [0.717, 1.165) is 24.2 Å². The van der Waals surface area contributed by atoms with Gasteiger partial charge in [-0.25, -0.2) is 9.97 Å². The van der Waals surface area contributed by atoms with E-state index in [0.29, 0.717) is 18.2 Å². The number of para-hydroxylation sites is 1. The minimum Gasteiger partial charge on any atom is -0.349 e. The fourth-order valence-electron chi connectivity index (χ4n) is 2.34. The summed E-state index contributed by atoms with van der Waals surface area (Å²) in [6, 6.07) is 7.77. The molecule has 24 heavy (non-hydrogen) atoms. The second kappa shape index (κ2) is 8.40. The Labute approximate surface area is 143 Å². The molecule has 1 amide bonds. The van der Waals surface area contributed by atoms with Gasteiger partial charge < -0.3 is 15.5 Å². The number of benzene rings is 1. The van der Waals surface area contributed by atoms with Crippen LogP contribution in [0.3, 0.4) is 0 Å². The highest BCUT2D eigenvalue weighted by Crippen LogP contribution is 2.23.